The summed E-state index contributed by atoms with van der Waals surface area (Å²) in [5.41, 5.74) is 10.9. The minimum atomic E-state index is -0.205. The molecule has 1 unspecified atom stereocenters. The third-order valence-corrected chi connectivity index (χ3v) is 4.13. The molecule has 2 aromatic rings. The first-order valence-electron chi connectivity index (χ1n) is 6.47. The SMILES string of the molecule is COc1cc(Br)ccc1C(N)c1ccc2c(c1)COC2. The molecule has 0 amide bonds. The normalized spacial score (nSPS) is 14.9. The van der Waals surface area contributed by atoms with E-state index in [0.29, 0.717) is 13.2 Å². The molecule has 0 spiro atoms. The molecule has 1 heterocycles. The standard InChI is InChI=1S/C16H16BrNO2/c1-19-15-7-13(17)4-5-14(15)16(18)10-2-3-11-8-20-9-12(11)6-10/h2-7,16H,8-9,18H2,1H3. The van der Waals surface area contributed by atoms with Gasteiger partial charge in [0.1, 0.15) is 5.75 Å². The fourth-order valence-corrected chi connectivity index (χ4v) is 2.85. The smallest absolute Gasteiger partial charge is 0.125 e. The maximum atomic E-state index is 6.40. The first-order chi connectivity index (χ1) is 9.69. The molecule has 3 nitrogen and oxygen atoms in total. The Morgan fingerprint density at radius 3 is 2.75 bits per heavy atom. The molecule has 1 aliphatic heterocycles. The van der Waals surface area contributed by atoms with Gasteiger partial charge in [0.25, 0.3) is 0 Å². The summed E-state index contributed by atoms with van der Waals surface area (Å²) in [5.74, 6) is 0.795. The van der Waals surface area contributed by atoms with Gasteiger partial charge in [0.2, 0.25) is 0 Å². The molecule has 104 valence electrons. The number of ether oxygens (including phenoxy) is 2. The second-order valence-electron chi connectivity index (χ2n) is 4.88. The van der Waals surface area contributed by atoms with E-state index in [1.54, 1.807) is 7.11 Å². The summed E-state index contributed by atoms with van der Waals surface area (Å²) in [6.07, 6.45) is 0. The maximum absolute atomic E-state index is 6.40. The first kappa shape index (κ1) is 13.6. The zero-order valence-corrected chi connectivity index (χ0v) is 12.8. The number of hydrogen-bond donors (Lipinski definition) is 1. The third kappa shape index (κ3) is 2.46. The van der Waals surface area contributed by atoms with Crippen LogP contribution in [0.4, 0.5) is 0 Å². The topological polar surface area (TPSA) is 44.5 Å². The second kappa shape index (κ2) is 5.56. The average molecular weight is 334 g/mol. The fourth-order valence-electron chi connectivity index (χ4n) is 2.51. The van der Waals surface area contributed by atoms with Gasteiger partial charge in [0.05, 0.1) is 26.4 Å². The number of methoxy groups -OCH3 is 1. The summed E-state index contributed by atoms with van der Waals surface area (Å²) in [6, 6.07) is 12.0. The van der Waals surface area contributed by atoms with Crippen LogP contribution in [0.2, 0.25) is 0 Å². The molecule has 3 rings (SSSR count). The molecule has 4 heteroatoms. The van der Waals surface area contributed by atoms with E-state index >= 15 is 0 Å². The highest BCUT2D eigenvalue weighted by atomic mass is 79.9. The lowest BCUT2D eigenvalue weighted by Gasteiger charge is -2.17. The van der Waals surface area contributed by atoms with Gasteiger partial charge in [0.15, 0.2) is 0 Å². The van der Waals surface area contributed by atoms with Gasteiger partial charge in [-0.05, 0) is 28.8 Å². The van der Waals surface area contributed by atoms with E-state index in [1.807, 2.05) is 18.2 Å². The molecule has 0 radical (unpaired) electrons. The van der Waals surface area contributed by atoms with Crippen molar-refractivity contribution in [1.29, 1.82) is 0 Å². The number of hydrogen-bond acceptors (Lipinski definition) is 3. The summed E-state index contributed by atoms with van der Waals surface area (Å²) in [5, 5.41) is 0. The molecule has 0 fully saturated rings. The van der Waals surface area contributed by atoms with Gasteiger partial charge < -0.3 is 15.2 Å². The van der Waals surface area contributed by atoms with Gasteiger partial charge >= 0.3 is 0 Å². The van der Waals surface area contributed by atoms with E-state index in [9.17, 15) is 0 Å². The average Bonchev–Trinajstić information content (AvgIpc) is 2.93. The van der Waals surface area contributed by atoms with Crippen molar-refractivity contribution in [1.82, 2.24) is 0 Å². The van der Waals surface area contributed by atoms with Crippen molar-refractivity contribution >= 4 is 15.9 Å². The summed E-state index contributed by atoms with van der Waals surface area (Å²) in [6.45, 7) is 1.37. The van der Waals surface area contributed by atoms with Crippen molar-refractivity contribution in [3.63, 3.8) is 0 Å². The van der Waals surface area contributed by atoms with Gasteiger partial charge in [-0.15, -0.1) is 0 Å². The van der Waals surface area contributed by atoms with E-state index in [2.05, 4.69) is 34.1 Å². The van der Waals surface area contributed by atoms with E-state index in [4.69, 9.17) is 15.2 Å². The van der Waals surface area contributed by atoms with E-state index in [1.165, 1.54) is 11.1 Å². The lowest BCUT2D eigenvalue weighted by molar-refractivity contribution is 0.134. The maximum Gasteiger partial charge on any atom is 0.125 e. The quantitative estimate of drug-likeness (QED) is 0.934. The first-order valence-corrected chi connectivity index (χ1v) is 7.27. The predicted octanol–water partition coefficient (Wildman–Crippen LogP) is 3.54. The van der Waals surface area contributed by atoms with Crippen LogP contribution in [0.1, 0.15) is 28.3 Å². The Hall–Kier alpha value is -1.36. The zero-order chi connectivity index (χ0) is 14.1. The fraction of sp³-hybridized carbons (Fsp3) is 0.250. The monoisotopic (exact) mass is 333 g/mol. The van der Waals surface area contributed by atoms with Crippen LogP contribution in [0.5, 0.6) is 5.75 Å². The number of benzene rings is 2. The van der Waals surface area contributed by atoms with Gasteiger partial charge in [-0.25, -0.2) is 0 Å². The summed E-state index contributed by atoms with van der Waals surface area (Å²) in [7, 11) is 1.66. The Labute approximate surface area is 126 Å². The van der Waals surface area contributed by atoms with Crippen LogP contribution >= 0.6 is 15.9 Å². The third-order valence-electron chi connectivity index (χ3n) is 3.64. The molecule has 1 atom stereocenters. The van der Waals surface area contributed by atoms with Crippen molar-refractivity contribution in [2.45, 2.75) is 19.3 Å². The molecular formula is C16H16BrNO2. The minimum Gasteiger partial charge on any atom is -0.496 e. The van der Waals surface area contributed by atoms with Crippen molar-refractivity contribution in [2.75, 3.05) is 7.11 Å². The van der Waals surface area contributed by atoms with Gasteiger partial charge in [-0.2, -0.15) is 0 Å². The van der Waals surface area contributed by atoms with Gasteiger partial charge in [0, 0.05) is 10.0 Å². The van der Waals surface area contributed by atoms with Crippen molar-refractivity contribution in [3.05, 3.63) is 63.1 Å². The molecular weight excluding hydrogens is 318 g/mol. The van der Waals surface area contributed by atoms with Crippen LogP contribution in [0, 0.1) is 0 Å². The van der Waals surface area contributed by atoms with Crippen molar-refractivity contribution in [2.24, 2.45) is 5.73 Å². The Kier molecular flexibility index (Phi) is 3.78. The molecule has 2 N–H and O–H groups in total. The van der Waals surface area contributed by atoms with Crippen LogP contribution in [0.25, 0.3) is 0 Å². The van der Waals surface area contributed by atoms with Crippen molar-refractivity contribution in [3.8, 4) is 5.75 Å². The largest absolute Gasteiger partial charge is 0.496 e. The van der Waals surface area contributed by atoms with Crippen LogP contribution in [-0.4, -0.2) is 7.11 Å². The Morgan fingerprint density at radius 1 is 1.15 bits per heavy atom. The van der Waals surface area contributed by atoms with Crippen molar-refractivity contribution < 1.29 is 9.47 Å². The highest BCUT2D eigenvalue weighted by Gasteiger charge is 2.17. The second-order valence-corrected chi connectivity index (χ2v) is 5.80. The molecule has 0 aliphatic carbocycles. The number of fused-ring (bicyclic) bond motifs is 1. The minimum absolute atomic E-state index is 0.205. The van der Waals surface area contributed by atoms with E-state index in [0.717, 1.165) is 21.3 Å². The van der Waals surface area contributed by atoms with Crippen LogP contribution in [-0.2, 0) is 18.0 Å². The summed E-state index contributed by atoms with van der Waals surface area (Å²) >= 11 is 3.45. The number of nitrogens with two attached hydrogens (primary N) is 1. The molecule has 2 aromatic carbocycles. The molecule has 0 saturated carbocycles. The highest BCUT2D eigenvalue weighted by molar-refractivity contribution is 9.10. The highest BCUT2D eigenvalue weighted by Crippen LogP contribution is 2.32. The number of rotatable bonds is 3. The lowest BCUT2D eigenvalue weighted by Crippen LogP contribution is -2.13. The van der Waals surface area contributed by atoms with Gasteiger partial charge in [-0.1, -0.05) is 40.2 Å². The van der Waals surface area contributed by atoms with Crippen LogP contribution in [0.3, 0.4) is 0 Å². The number of halogens is 1. The van der Waals surface area contributed by atoms with Gasteiger partial charge in [-0.3, -0.25) is 0 Å². The molecule has 1 aliphatic rings. The van der Waals surface area contributed by atoms with Crippen LogP contribution in [0.15, 0.2) is 40.9 Å². The Morgan fingerprint density at radius 2 is 1.95 bits per heavy atom. The Bertz CT molecular complexity index is 642. The van der Waals surface area contributed by atoms with Crippen LogP contribution < -0.4 is 10.5 Å². The predicted molar refractivity (Wildman–Crippen MR) is 81.7 cm³/mol. The van der Waals surface area contributed by atoms with E-state index in [-0.39, 0.29) is 6.04 Å². The molecule has 0 aromatic heterocycles. The zero-order valence-electron chi connectivity index (χ0n) is 11.2. The summed E-state index contributed by atoms with van der Waals surface area (Å²) in [4.78, 5) is 0. The molecule has 20 heavy (non-hydrogen) atoms. The lowest BCUT2D eigenvalue weighted by atomic mass is 9.96. The Balaban J connectivity index is 1.98. The summed E-state index contributed by atoms with van der Waals surface area (Å²) < 4.78 is 11.9. The molecule has 0 bridgehead atoms. The van der Waals surface area contributed by atoms with E-state index < -0.39 is 0 Å². The molecule has 0 saturated heterocycles.